The zero-order chi connectivity index (χ0) is 10.0. The van der Waals surface area contributed by atoms with E-state index in [0.717, 1.165) is 5.56 Å². The minimum Gasteiger partial charge on any atom is -0.413 e. The van der Waals surface area contributed by atoms with E-state index in [1.54, 1.807) is 13.0 Å². The summed E-state index contributed by atoms with van der Waals surface area (Å²) in [5, 5.41) is 2.76. The molecule has 1 aromatic carbocycles. The molecule has 1 unspecified atom stereocenters. The molecule has 4 nitrogen and oxygen atoms in total. The lowest BCUT2D eigenvalue weighted by molar-refractivity contribution is 0.262. The molecule has 76 valence electrons. The van der Waals surface area contributed by atoms with Gasteiger partial charge in [0.2, 0.25) is 0 Å². The number of fused-ring (bicyclic) bond motifs is 1. The van der Waals surface area contributed by atoms with E-state index in [9.17, 15) is 4.57 Å². The first-order chi connectivity index (χ1) is 6.73. The van der Waals surface area contributed by atoms with Gasteiger partial charge in [-0.05, 0) is 13.0 Å². The Hall–Kier alpha value is -0.830. The summed E-state index contributed by atoms with van der Waals surface area (Å²) in [5.41, 5.74) is 0.999. The van der Waals surface area contributed by atoms with E-state index in [4.69, 9.17) is 9.05 Å². The van der Waals surface area contributed by atoms with Crippen LogP contribution in [-0.4, -0.2) is 6.61 Å². The number of rotatable bonds is 2. The Morgan fingerprint density at radius 1 is 1.57 bits per heavy atom. The van der Waals surface area contributed by atoms with Gasteiger partial charge >= 0.3 is 7.75 Å². The summed E-state index contributed by atoms with van der Waals surface area (Å²) >= 11 is 0. The Morgan fingerprint density at radius 3 is 3.14 bits per heavy atom. The van der Waals surface area contributed by atoms with E-state index in [2.05, 4.69) is 5.09 Å². The van der Waals surface area contributed by atoms with Gasteiger partial charge in [-0.1, -0.05) is 18.2 Å². The fraction of sp³-hybridized carbons (Fsp3) is 0.333. The van der Waals surface area contributed by atoms with Crippen molar-refractivity contribution in [3.63, 3.8) is 0 Å². The van der Waals surface area contributed by atoms with Crippen molar-refractivity contribution in [1.29, 1.82) is 0 Å². The van der Waals surface area contributed by atoms with Crippen LogP contribution in [-0.2, 0) is 15.6 Å². The van der Waals surface area contributed by atoms with Crippen molar-refractivity contribution in [2.24, 2.45) is 0 Å². The number of nitrogens with one attached hydrogen (secondary N) is 1. The molecule has 14 heavy (non-hydrogen) atoms. The van der Waals surface area contributed by atoms with E-state index < -0.39 is 7.75 Å². The summed E-state index contributed by atoms with van der Waals surface area (Å²) in [6.45, 7) is 2.67. The van der Waals surface area contributed by atoms with Crippen molar-refractivity contribution in [2.75, 3.05) is 6.61 Å². The van der Waals surface area contributed by atoms with Crippen LogP contribution < -0.4 is 9.61 Å². The second kappa shape index (κ2) is 3.73. The lowest BCUT2D eigenvalue weighted by Crippen LogP contribution is -2.21. The Morgan fingerprint density at radius 2 is 2.36 bits per heavy atom. The van der Waals surface area contributed by atoms with Gasteiger partial charge < -0.3 is 4.52 Å². The summed E-state index contributed by atoms with van der Waals surface area (Å²) in [4.78, 5) is 0. The van der Waals surface area contributed by atoms with Crippen molar-refractivity contribution < 1.29 is 13.6 Å². The van der Waals surface area contributed by atoms with Gasteiger partial charge in [-0.15, -0.1) is 0 Å². The Kier molecular flexibility index (Phi) is 2.59. The lowest BCUT2D eigenvalue weighted by Gasteiger charge is -2.25. The van der Waals surface area contributed by atoms with Crippen LogP contribution in [0.3, 0.4) is 0 Å². The predicted octanol–water partition coefficient (Wildman–Crippen LogP) is 2.31. The van der Waals surface area contributed by atoms with E-state index in [1.807, 2.05) is 18.2 Å². The van der Waals surface area contributed by atoms with Crippen molar-refractivity contribution in [1.82, 2.24) is 5.09 Å². The molecule has 2 rings (SSSR count). The van der Waals surface area contributed by atoms with Gasteiger partial charge in [0.05, 0.1) is 6.61 Å². The fourth-order valence-corrected chi connectivity index (χ4v) is 2.67. The molecule has 5 heteroatoms. The molecule has 0 saturated carbocycles. The van der Waals surface area contributed by atoms with Crippen LogP contribution in [0, 0.1) is 0 Å². The molecule has 0 radical (unpaired) electrons. The van der Waals surface area contributed by atoms with Crippen molar-refractivity contribution in [3.05, 3.63) is 29.8 Å². The number of hydrogen-bond acceptors (Lipinski definition) is 3. The zero-order valence-corrected chi connectivity index (χ0v) is 8.79. The molecule has 0 bridgehead atoms. The van der Waals surface area contributed by atoms with E-state index in [1.165, 1.54) is 0 Å². The monoisotopic (exact) mass is 213 g/mol. The highest BCUT2D eigenvalue weighted by molar-refractivity contribution is 7.52. The lowest BCUT2D eigenvalue weighted by atomic mass is 10.2. The van der Waals surface area contributed by atoms with Gasteiger partial charge in [0.1, 0.15) is 5.75 Å². The maximum absolute atomic E-state index is 11.8. The molecule has 0 saturated heterocycles. The molecule has 1 N–H and O–H groups in total. The zero-order valence-electron chi connectivity index (χ0n) is 7.90. The first-order valence-corrected chi connectivity index (χ1v) is 6.05. The maximum Gasteiger partial charge on any atom is 0.459 e. The normalized spacial score (nSPS) is 25.2. The molecule has 1 atom stereocenters. The number of para-hydroxylation sites is 1. The van der Waals surface area contributed by atoms with Gasteiger partial charge in [-0.2, -0.15) is 0 Å². The quantitative estimate of drug-likeness (QED) is 0.766. The van der Waals surface area contributed by atoms with E-state index in [0.29, 0.717) is 18.9 Å². The molecule has 0 spiro atoms. The highest BCUT2D eigenvalue weighted by Gasteiger charge is 2.30. The summed E-state index contributed by atoms with van der Waals surface area (Å²) in [6, 6.07) is 7.49. The van der Waals surface area contributed by atoms with Crippen LogP contribution in [0.1, 0.15) is 12.5 Å². The molecule has 0 aromatic heterocycles. The molecular formula is C9H12NO3P. The largest absolute Gasteiger partial charge is 0.459 e. The third kappa shape index (κ3) is 1.82. The van der Waals surface area contributed by atoms with Crippen LogP contribution >= 0.6 is 7.75 Å². The minimum absolute atomic E-state index is 0.368. The summed E-state index contributed by atoms with van der Waals surface area (Å²) in [7, 11) is -3.10. The van der Waals surface area contributed by atoms with Crippen LogP contribution in [0.15, 0.2) is 24.3 Å². The molecule has 0 amide bonds. The van der Waals surface area contributed by atoms with Gasteiger partial charge in [0.25, 0.3) is 0 Å². The molecule has 0 aliphatic carbocycles. The van der Waals surface area contributed by atoms with Crippen molar-refractivity contribution >= 4 is 7.75 Å². The molecule has 0 fully saturated rings. The first kappa shape index (κ1) is 9.71. The molecular weight excluding hydrogens is 201 g/mol. The molecule has 1 heterocycles. The third-order valence-corrected chi connectivity index (χ3v) is 3.53. The van der Waals surface area contributed by atoms with Gasteiger partial charge in [-0.25, -0.2) is 9.65 Å². The smallest absolute Gasteiger partial charge is 0.413 e. The maximum atomic E-state index is 11.8. The van der Waals surface area contributed by atoms with Gasteiger partial charge in [0, 0.05) is 12.1 Å². The van der Waals surface area contributed by atoms with Crippen LogP contribution in [0.2, 0.25) is 0 Å². The van der Waals surface area contributed by atoms with Crippen LogP contribution in [0.25, 0.3) is 0 Å². The van der Waals surface area contributed by atoms with E-state index in [-0.39, 0.29) is 0 Å². The van der Waals surface area contributed by atoms with Crippen molar-refractivity contribution in [2.45, 2.75) is 13.5 Å². The average molecular weight is 213 g/mol. The topological polar surface area (TPSA) is 47.6 Å². The Balaban J connectivity index is 2.25. The second-order valence-corrected chi connectivity index (χ2v) is 4.70. The summed E-state index contributed by atoms with van der Waals surface area (Å²) in [6.07, 6.45) is 0. The van der Waals surface area contributed by atoms with E-state index >= 15 is 0 Å². The number of hydrogen-bond donors (Lipinski definition) is 1. The standard InChI is InChI=1S/C9H12NO3P/c1-2-12-14(11)10-7-8-5-3-4-6-9(8)13-14/h3-6H,2,7H2,1H3,(H,10,11). The number of benzene rings is 1. The summed E-state index contributed by atoms with van der Waals surface area (Å²) in [5.74, 6) is 0.642. The molecule has 1 aliphatic heterocycles. The SMILES string of the molecule is CCOP1(=O)NCc2ccccc2O1. The Bertz CT molecular complexity index is 380. The van der Waals surface area contributed by atoms with Crippen LogP contribution in [0.5, 0.6) is 5.75 Å². The first-order valence-electron chi connectivity index (χ1n) is 4.51. The molecule has 1 aromatic rings. The fourth-order valence-electron chi connectivity index (χ4n) is 1.32. The molecule has 1 aliphatic rings. The van der Waals surface area contributed by atoms with Gasteiger partial charge in [-0.3, -0.25) is 4.52 Å². The summed E-state index contributed by atoms with van der Waals surface area (Å²) < 4.78 is 22.2. The predicted molar refractivity (Wildman–Crippen MR) is 53.1 cm³/mol. The van der Waals surface area contributed by atoms with Crippen LogP contribution in [0.4, 0.5) is 0 Å². The third-order valence-electron chi connectivity index (χ3n) is 1.95. The van der Waals surface area contributed by atoms with Crippen molar-refractivity contribution in [3.8, 4) is 5.75 Å². The highest BCUT2D eigenvalue weighted by atomic mass is 31.2. The highest BCUT2D eigenvalue weighted by Crippen LogP contribution is 2.48. The minimum atomic E-state index is -3.10. The second-order valence-electron chi connectivity index (χ2n) is 2.95. The average Bonchev–Trinajstić information content (AvgIpc) is 2.17. The van der Waals surface area contributed by atoms with Gasteiger partial charge in [0.15, 0.2) is 0 Å². The Labute approximate surface area is 82.8 Å².